The molecule has 8 heteroatoms. The van der Waals surface area contributed by atoms with E-state index in [0.717, 1.165) is 0 Å². The van der Waals surface area contributed by atoms with Crippen LogP contribution >= 0.6 is 23.2 Å². The molecule has 0 aliphatic rings. The van der Waals surface area contributed by atoms with Crippen LogP contribution in [0.1, 0.15) is 11.4 Å². The quantitative estimate of drug-likeness (QED) is 0.844. The van der Waals surface area contributed by atoms with Crippen molar-refractivity contribution in [1.29, 1.82) is 0 Å². The molecular formula is C11H9Cl2N5O. The number of aromatic nitrogens is 4. The fourth-order valence-corrected chi connectivity index (χ4v) is 1.65. The molecule has 0 spiro atoms. The molecule has 2 N–H and O–H groups in total. The van der Waals surface area contributed by atoms with E-state index in [9.17, 15) is 4.79 Å². The number of aromatic amines is 1. The predicted octanol–water partition coefficient (Wildman–Crippen LogP) is 1.84. The molecule has 1 heterocycles. The van der Waals surface area contributed by atoms with Gasteiger partial charge in [0.25, 0.3) is 0 Å². The van der Waals surface area contributed by atoms with Gasteiger partial charge < -0.3 is 5.32 Å². The Labute approximate surface area is 118 Å². The third-order valence-electron chi connectivity index (χ3n) is 2.18. The van der Waals surface area contributed by atoms with Gasteiger partial charge in [0.2, 0.25) is 5.91 Å². The van der Waals surface area contributed by atoms with Crippen LogP contribution in [0.2, 0.25) is 10.0 Å². The van der Waals surface area contributed by atoms with Crippen molar-refractivity contribution in [3.63, 3.8) is 0 Å². The van der Waals surface area contributed by atoms with Crippen LogP contribution < -0.4 is 5.32 Å². The molecule has 0 saturated heterocycles. The Bertz CT molecular complexity index is 597. The molecule has 1 amide bonds. The highest BCUT2D eigenvalue weighted by Crippen LogP contribution is 2.21. The number of halogens is 2. The topological polar surface area (TPSA) is 83.6 Å². The molecule has 6 nitrogen and oxygen atoms in total. The maximum Gasteiger partial charge on any atom is 0.244 e. The van der Waals surface area contributed by atoms with Crippen LogP contribution in [0.5, 0.6) is 0 Å². The lowest BCUT2D eigenvalue weighted by atomic mass is 10.2. The van der Waals surface area contributed by atoms with E-state index in [1.54, 1.807) is 24.3 Å². The normalized spacial score (nSPS) is 10.8. The highest BCUT2D eigenvalue weighted by molar-refractivity contribution is 6.34. The van der Waals surface area contributed by atoms with Gasteiger partial charge in [0.15, 0.2) is 5.82 Å². The Morgan fingerprint density at radius 3 is 3.00 bits per heavy atom. The highest BCUT2D eigenvalue weighted by atomic mass is 35.5. The van der Waals surface area contributed by atoms with E-state index >= 15 is 0 Å². The summed E-state index contributed by atoms with van der Waals surface area (Å²) in [7, 11) is 0. The van der Waals surface area contributed by atoms with Gasteiger partial charge in [-0.15, -0.1) is 10.2 Å². The first-order valence-corrected chi connectivity index (χ1v) is 6.04. The number of carbonyl (C=O) groups is 1. The minimum absolute atomic E-state index is 0.197. The lowest BCUT2D eigenvalue weighted by Gasteiger charge is -1.99. The summed E-state index contributed by atoms with van der Waals surface area (Å²) in [5.41, 5.74) is 0.670. The summed E-state index contributed by atoms with van der Waals surface area (Å²) < 4.78 is 0. The highest BCUT2D eigenvalue weighted by Gasteiger charge is 2.01. The average Bonchev–Trinajstić information content (AvgIpc) is 2.90. The molecule has 0 aliphatic heterocycles. The molecule has 0 bridgehead atoms. The van der Waals surface area contributed by atoms with Gasteiger partial charge in [0.05, 0.1) is 6.54 Å². The molecule has 0 atom stereocenters. The van der Waals surface area contributed by atoms with Crippen LogP contribution in [-0.4, -0.2) is 26.5 Å². The molecule has 0 aliphatic carbocycles. The first kappa shape index (κ1) is 13.5. The second-order valence-electron chi connectivity index (χ2n) is 3.55. The molecule has 1 aromatic heterocycles. The molecule has 2 aromatic rings. The van der Waals surface area contributed by atoms with Crippen molar-refractivity contribution in [3.8, 4) is 0 Å². The number of nitrogens with one attached hydrogen (secondary N) is 2. The molecule has 0 saturated carbocycles. The second-order valence-corrected chi connectivity index (χ2v) is 4.39. The number of rotatable bonds is 4. The summed E-state index contributed by atoms with van der Waals surface area (Å²) in [4.78, 5) is 11.5. The minimum Gasteiger partial charge on any atom is -0.345 e. The van der Waals surface area contributed by atoms with Crippen molar-refractivity contribution in [3.05, 3.63) is 45.7 Å². The van der Waals surface area contributed by atoms with Gasteiger partial charge in [-0.1, -0.05) is 28.4 Å². The van der Waals surface area contributed by atoms with E-state index in [0.29, 0.717) is 21.4 Å². The lowest BCUT2D eigenvalue weighted by Crippen LogP contribution is -2.20. The molecule has 19 heavy (non-hydrogen) atoms. The largest absolute Gasteiger partial charge is 0.345 e. The third kappa shape index (κ3) is 4.04. The summed E-state index contributed by atoms with van der Waals surface area (Å²) in [6.45, 7) is 0.197. The molecular weight excluding hydrogens is 289 g/mol. The fourth-order valence-electron chi connectivity index (χ4n) is 1.29. The van der Waals surface area contributed by atoms with Gasteiger partial charge in [-0.05, 0) is 29.8 Å². The summed E-state index contributed by atoms with van der Waals surface area (Å²) in [5, 5.41) is 16.8. The molecule has 0 radical (unpaired) electrons. The van der Waals surface area contributed by atoms with Crippen molar-refractivity contribution in [1.82, 2.24) is 25.9 Å². The number of H-pyrrole nitrogens is 1. The van der Waals surface area contributed by atoms with Crippen molar-refractivity contribution < 1.29 is 4.79 Å². The maximum absolute atomic E-state index is 11.5. The molecule has 2 rings (SSSR count). The Morgan fingerprint density at radius 1 is 1.42 bits per heavy atom. The number of amides is 1. The zero-order chi connectivity index (χ0) is 13.7. The summed E-state index contributed by atoms with van der Waals surface area (Å²) >= 11 is 11.8. The maximum atomic E-state index is 11.5. The predicted molar refractivity (Wildman–Crippen MR) is 71.5 cm³/mol. The van der Waals surface area contributed by atoms with E-state index < -0.39 is 0 Å². The average molecular weight is 298 g/mol. The summed E-state index contributed by atoms with van der Waals surface area (Å²) in [6.07, 6.45) is 2.94. The van der Waals surface area contributed by atoms with Gasteiger partial charge in [-0.25, -0.2) is 0 Å². The number of hydrogen-bond acceptors (Lipinski definition) is 4. The molecule has 98 valence electrons. The Kier molecular flexibility index (Phi) is 4.48. The smallest absolute Gasteiger partial charge is 0.244 e. The zero-order valence-corrected chi connectivity index (χ0v) is 11.1. The summed E-state index contributed by atoms with van der Waals surface area (Å²) in [5.74, 6) is 0.114. The van der Waals surface area contributed by atoms with Crippen LogP contribution in [0.15, 0.2) is 24.3 Å². The van der Waals surface area contributed by atoms with Gasteiger partial charge in [0.1, 0.15) is 0 Å². The zero-order valence-electron chi connectivity index (χ0n) is 9.60. The minimum atomic E-state index is -0.291. The van der Waals surface area contributed by atoms with Crippen LogP contribution in [0.25, 0.3) is 6.08 Å². The Morgan fingerprint density at radius 2 is 2.26 bits per heavy atom. The van der Waals surface area contributed by atoms with Crippen molar-refractivity contribution in [2.45, 2.75) is 6.54 Å². The van der Waals surface area contributed by atoms with E-state index in [1.165, 1.54) is 6.08 Å². The van der Waals surface area contributed by atoms with Crippen molar-refractivity contribution in [2.75, 3.05) is 0 Å². The fraction of sp³-hybridized carbons (Fsp3) is 0.0909. The Hall–Kier alpha value is -1.92. The van der Waals surface area contributed by atoms with E-state index in [-0.39, 0.29) is 12.5 Å². The standard InChI is InChI=1S/C11H9Cl2N5O/c12-8-2-3-9(13)7(5-8)1-4-11(19)14-6-10-15-17-18-16-10/h1-5H,6H2,(H,14,19)(H,15,16,17,18). The van der Waals surface area contributed by atoms with Gasteiger partial charge in [-0.2, -0.15) is 5.21 Å². The number of hydrogen-bond donors (Lipinski definition) is 2. The lowest BCUT2D eigenvalue weighted by molar-refractivity contribution is -0.116. The van der Waals surface area contributed by atoms with E-state index in [2.05, 4.69) is 25.9 Å². The molecule has 0 unspecified atom stereocenters. The van der Waals surface area contributed by atoms with Gasteiger partial charge in [-0.3, -0.25) is 4.79 Å². The Balaban J connectivity index is 1.94. The van der Waals surface area contributed by atoms with Crippen LogP contribution in [0.3, 0.4) is 0 Å². The molecule has 1 aromatic carbocycles. The first-order valence-electron chi connectivity index (χ1n) is 5.28. The number of benzene rings is 1. The second kappa shape index (κ2) is 6.31. The number of nitrogens with zero attached hydrogens (tertiary/aromatic N) is 3. The van der Waals surface area contributed by atoms with E-state index in [4.69, 9.17) is 23.2 Å². The third-order valence-corrected chi connectivity index (χ3v) is 2.76. The van der Waals surface area contributed by atoms with Crippen molar-refractivity contribution in [2.24, 2.45) is 0 Å². The number of tetrazole rings is 1. The van der Waals surface area contributed by atoms with Gasteiger partial charge in [0, 0.05) is 16.1 Å². The van der Waals surface area contributed by atoms with Crippen LogP contribution in [-0.2, 0) is 11.3 Å². The monoisotopic (exact) mass is 297 g/mol. The van der Waals surface area contributed by atoms with Gasteiger partial charge >= 0.3 is 0 Å². The van der Waals surface area contributed by atoms with Crippen molar-refractivity contribution >= 4 is 35.2 Å². The van der Waals surface area contributed by atoms with Crippen LogP contribution in [0.4, 0.5) is 0 Å². The first-order chi connectivity index (χ1) is 9.15. The summed E-state index contributed by atoms with van der Waals surface area (Å²) in [6, 6.07) is 5.02. The van der Waals surface area contributed by atoms with Crippen LogP contribution in [0, 0.1) is 0 Å². The van der Waals surface area contributed by atoms with E-state index in [1.807, 2.05) is 0 Å². The molecule has 0 fully saturated rings. The number of carbonyl (C=O) groups excluding carboxylic acids is 1. The SMILES string of the molecule is O=C(C=Cc1cc(Cl)ccc1Cl)NCc1nn[nH]n1.